The van der Waals surface area contributed by atoms with Gasteiger partial charge in [-0.3, -0.25) is 9.59 Å². The molecule has 0 aliphatic heterocycles. The van der Waals surface area contributed by atoms with Gasteiger partial charge in [-0.25, -0.2) is 9.78 Å². The maximum Gasteiger partial charge on any atom is 0.339 e. The first-order chi connectivity index (χ1) is 11.0. The molecule has 0 spiro atoms. The van der Waals surface area contributed by atoms with E-state index in [9.17, 15) is 14.4 Å². The molecule has 0 atom stereocenters. The quantitative estimate of drug-likeness (QED) is 0.842. The Balaban J connectivity index is 2.23. The van der Waals surface area contributed by atoms with Gasteiger partial charge in [0, 0.05) is 18.7 Å². The summed E-state index contributed by atoms with van der Waals surface area (Å²) in [5.74, 6) is -0.998. The highest BCUT2D eigenvalue weighted by molar-refractivity contribution is 6.08. The number of nitrogens with zero attached hydrogens (tertiary/aromatic N) is 1. The Bertz CT molecular complexity index is 758. The van der Waals surface area contributed by atoms with Crippen molar-refractivity contribution >= 4 is 29.3 Å². The molecule has 7 heteroatoms. The topological polar surface area (TPSA) is 97.4 Å². The fourth-order valence-corrected chi connectivity index (χ4v) is 1.90. The molecule has 0 unspecified atom stereocenters. The molecule has 2 N–H and O–H groups in total. The predicted octanol–water partition coefficient (Wildman–Crippen LogP) is 2.08. The number of benzene rings is 1. The van der Waals surface area contributed by atoms with E-state index in [0.717, 1.165) is 0 Å². The highest BCUT2D eigenvalue weighted by Crippen LogP contribution is 2.17. The van der Waals surface area contributed by atoms with Crippen molar-refractivity contribution in [3.05, 3.63) is 53.7 Å². The van der Waals surface area contributed by atoms with Gasteiger partial charge in [0.2, 0.25) is 5.91 Å². The average molecular weight is 313 g/mol. The summed E-state index contributed by atoms with van der Waals surface area (Å²) < 4.78 is 4.68. The van der Waals surface area contributed by atoms with Crippen molar-refractivity contribution in [3.8, 4) is 0 Å². The van der Waals surface area contributed by atoms with Crippen LogP contribution in [0.25, 0.3) is 0 Å². The summed E-state index contributed by atoms with van der Waals surface area (Å²) in [5, 5.41) is 5.14. The molecule has 0 aliphatic carbocycles. The normalized spacial score (nSPS) is 9.83. The van der Waals surface area contributed by atoms with Crippen molar-refractivity contribution in [1.82, 2.24) is 4.98 Å². The smallest absolute Gasteiger partial charge is 0.339 e. The van der Waals surface area contributed by atoms with Crippen molar-refractivity contribution in [2.75, 3.05) is 17.7 Å². The monoisotopic (exact) mass is 313 g/mol. The van der Waals surface area contributed by atoms with Gasteiger partial charge < -0.3 is 15.4 Å². The summed E-state index contributed by atoms with van der Waals surface area (Å²) in [6, 6.07) is 9.45. The van der Waals surface area contributed by atoms with Crippen LogP contribution in [0.5, 0.6) is 0 Å². The van der Waals surface area contributed by atoms with Crippen LogP contribution in [-0.2, 0) is 9.53 Å². The number of pyridine rings is 1. The highest BCUT2D eigenvalue weighted by atomic mass is 16.5. The second kappa shape index (κ2) is 7.17. The van der Waals surface area contributed by atoms with Gasteiger partial charge in [-0.15, -0.1) is 0 Å². The third kappa shape index (κ3) is 4.13. The van der Waals surface area contributed by atoms with E-state index in [4.69, 9.17) is 0 Å². The molecule has 2 amide bonds. The number of hydrogen-bond acceptors (Lipinski definition) is 5. The van der Waals surface area contributed by atoms with Crippen LogP contribution in [0, 0.1) is 0 Å². The minimum atomic E-state index is -0.547. The van der Waals surface area contributed by atoms with Crippen molar-refractivity contribution in [1.29, 1.82) is 0 Å². The molecule has 1 aromatic heterocycles. The zero-order chi connectivity index (χ0) is 16.8. The summed E-state index contributed by atoms with van der Waals surface area (Å²) in [7, 11) is 1.27. The number of amides is 2. The molecule has 1 heterocycles. The summed E-state index contributed by atoms with van der Waals surface area (Å²) >= 11 is 0. The number of para-hydroxylation sites is 1. The van der Waals surface area contributed by atoms with Gasteiger partial charge in [-0.05, 0) is 24.3 Å². The van der Waals surface area contributed by atoms with E-state index in [1.165, 1.54) is 32.4 Å². The fourth-order valence-electron chi connectivity index (χ4n) is 1.90. The van der Waals surface area contributed by atoms with E-state index in [2.05, 4.69) is 20.4 Å². The van der Waals surface area contributed by atoms with Crippen LogP contribution in [0.15, 0.2) is 42.6 Å². The van der Waals surface area contributed by atoms with E-state index in [1.807, 2.05) is 0 Å². The van der Waals surface area contributed by atoms with Crippen LogP contribution in [-0.4, -0.2) is 29.9 Å². The molecule has 0 saturated carbocycles. The number of methoxy groups -OCH3 is 1. The molecular formula is C16H15N3O4. The second-order valence-corrected chi connectivity index (χ2v) is 4.60. The Hall–Kier alpha value is -3.22. The van der Waals surface area contributed by atoms with E-state index < -0.39 is 11.9 Å². The molecule has 2 aromatic rings. The van der Waals surface area contributed by atoms with Gasteiger partial charge in [-0.2, -0.15) is 0 Å². The number of aromatic nitrogens is 1. The van der Waals surface area contributed by atoms with Gasteiger partial charge in [0.1, 0.15) is 5.82 Å². The maximum absolute atomic E-state index is 12.3. The average Bonchev–Trinajstić information content (AvgIpc) is 2.54. The Labute approximate surface area is 132 Å². The number of rotatable bonds is 4. The fraction of sp³-hybridized carbons (Fsp3) is 0.125. The molecule has 0 radical (unpaired) electrons. The van der Waals surface area contributed by atoms with Gasteiger partial charge in [0.15, 0.2) is 0 Å². The predicted molar refractivity (Wildman–Crippen MR) is 84.3 cm³/mol. The lowest BCUT2D eigenvalue weighted by Gasteiger charge is -2.10. The van der Waals surface area contributed by atoms with Crippen LogP contribution in [0.2, 0.25) is 0 Å². The minimum absolute atomic E-state index is 0.250. The van der Waals surface area contributed by atoms with Crippen molar-refractivity contribution in [3.63, 3.8) is 0 Å². The molecular weight excluding hydrogens is 298 g/mol. The van der Waals surface area contributed by atoms with Gasteiger partial charge in [0.25, 0.3) is 5.91 Å². The van der Waals surface area contributed by atoms with E-state index in [0.29, 0.717) is 11.3 Å². The molecule has 0 fully saturated rings. The summed E-state index contributed by atoms with van der Waals surface area (Å²) in [6.07, 6.45) is 1.41. The Morgan fingerprint density at radius 3 is 2.52 bits per heavy atom. The molecule has 0 saturated heterocycles. The van der Waals surface area contributed by atoms with Gasteiger partial charge in [-0.1, -0.05) is 12.1 Å². The van der Waals surface area contributed by atoms with Crippen LogP contribution in [0.3, 0.4) is 0 Å². The third-order valence-electron chi connectivity index (χ3n) is 2.91. The molecule has 118 valence electrons. The zero-order valence-electron chi connectivity index (χ0n) is 12.6. The standard InChI is InChI=1S/C16H15N3O4/c1-10(20)18-14-9-11(7-8-17-14)15(21)19-13-6-4-3-5-12(13)16(22)23-2/h3-9H,1-2H3,(H,19,21)(H,17,18,20). The van der Waals surface area contributed by atoms with Crippen LogP contribution >= 0.6 is 0 Å². The zero-order valence-corrected chi connectivity index (χ0v) is 12.6. The number of anilines is 2. The van der Waals surface area contributed by atoms with Gasteiger partial charge >= 0.3 is 5.97 Å². The maximum atomic E-state index is 12.3. The summed E-state index contributed by atoms with van der Waals surface area (Å²) in [6.45, 7) is 1.35. The molecule has 1 aromatic carbocycles. The largest absolute Gasteiger partial charge is 0.465 e. The first kappa shape index (κ1) is 16.2. The summed E-state index contributed by atoms with van der Waals surface area (Å²) in [5.41, 5.74) is 0.880. The number of carbonyl (C=O) groups is 3. The lowest BCUT2D eigenvalue weighted by atomic mass is 10.1. The van der Waals surface area contributed by atoms with Gasteiger partial charge in [0.05, 0.1) is 18.4 Å². The van der Waals surface area contributed by atoms with E-state index in [-0.39, 0.29) is 17.3 Å². The lowest BCUT2D eigenvalue weighted by Crippen LogP contribution is -2.16. The lowest BCUT2D eigenvalue weighted by molar-refractivity contribution is -0.114. The summed E-state index contributed by atoms with van der Waals surface area (Å²) in [4.78, 5) is 39.0. The molecule has 23 heavy (non-hydrogen) atoms. The number of esters is 1. The van der Waals surface area contributed by atoms with Crippen LogP contribution < -0.4 is 10.6 Å². The minimum Gasteiger partial charge on any atom is -0.465 e. The molecule has 0 aliphatic rings. The molecule has 7 nitrogen and oxygen atoms in total. The number of ether oxygens (including phenoxy) is 1. The Kier molecular flexibility index (Phi) is 5.03. The van der Waals surface area contributed by atoms with E-state index >= 15 is 0 Å². The number of carbonyl (C=O) groups excluding carboxylic acids is 3. The third-order valence-corrected chi connectivity index (χ3v) is 2.91. The number of nitrogens with one attached hydrogen (secondary N) is 2. The van der Waals surface area contributed by atoms with Crippen LogP contribution in [0.4, 0.5) is 11.5 Å². The molecule has 2 rings (SSSR count). The SMILES string of the molecule is COC(=O)c1ccccc1NC(=O)c1ccnc(NC(C)=O)c1. The van der Waals surface area contributed by atoms with Crippen molar-refractivity contribution in [2.45, 2.75) is 6.92 Å². The second-order valence-electron chi connectivity index (χ2n) is 4.60. The van der Waals surface area contributed by atoms with E-state index in [1.54, 1.807) is 24.3 Å². The highest BCUT2D eigenvalue weighted by Gasteiger charge is 2.14. The van der Waals surface area contributed by atoms with Crippen molar-refractivity contribution in [2.24, 2.45) is 0 Å². The van der Waals surface area contributed by atoms with Crippen LogP contribution in [0.1, 0.15) is 27.6 Å². The van der Waals surface area contributed by atoms with Crippen molar-refractivity contribution < 1.29 is 19.1 Å². The Morgan fingerprint density at radius 1 is 1.09 bits per heavy atom. The first-order valence-electron chi connectivity index (χ1n) is 6.73. The number of hydrogen-bond donors (Lipinski definition) is 2. The Morgan fingerprint density at radius 2 is 1.83 bits per heavy atom. The first-order valence-corrected chi connectivity index (χ1v) is 6.73. The molecule has 0 bridgehead atoms.